The fourth-order valence-corrected chi connectivity index (χ4v) is 2.02. The summed E-state index contributed by atoms with van der Waals surface area (Å²) in [7, 11) is 0. The van der Waals surface area contributed by atoms with E-state index >= 15 is 0 Å². The highest BCUT2D eigenvalue weighted by atomic mass is 35.5. The van der Waals surface area contributed by atoms with Crippen molar-refractivity contribution in [2.75, 3.05) is 13.2 Å². The van der Waals surface area contributed by atoms with Gasteiger partial charge in [0.05, 0.1) is 18.2 Å². The van der Waals surface area contributed by atoms with E-state index < -0.39 is 0 Å². The molecule has 0 aliphatic rings. The Morgan fingerprint density at radius 3 is 2.58 bits per heavy atom. The molecule has 0 heterocycles. The number of hydrogen-bond donors (Lipinski definition) is 1. The lowest BCUT2D eigenvalue weighted by molar-refractivity contribution is 0.271. The van der Waals surface area contributed by atoms with Gasteiger partial charge in [0.2, 0.25) is 0 Å². The monoisotopic (exact) mass is 301 g/mol. The van der Waals surface area contributed by atoms with Gasteiger partial charge in [-0.05, 0) is 25.5 Å². The molecule has 1 aromatic carbocycles. The lowest BCUT2D eigenvalue weighted by atomic mass is 10.2. The Hall–Kier alpha value is -1.00. The Labute approximate surface area is 125 Å². The van der Waals surface area contributed by atoms with E-state index in [0.717, 1.165) is 19.3 Å². The standard InChI is InChI=1S/C14H20ClNO2S/c1-3-5-6-7-18-13-11(15)8-10(14(16)19)9-12(13)17-4-2/h8-9H,3-7H2,1-2H3,(H2,16,19). The summed E-state index contributed by atoms with van der Waals surface area (Å²) < 4.78 is 11.3. The molecule has 0 aliphatic heterocycles. The van der Waals surface area contributed by atoms with E-state index in [1.54, 1.807) is 12.1 Å². The third kappa shape index (κ3) is 4.88. The molecule has 106 valence electrons. The van der Waals surface area contributed by atoms with E-state index in [4.69, 9.17) is 39.0 Å². The molecule has 0 spiro atoms. The second kappa shape index (κ2) is 8.23. The van der Waals surface area contributed by atoms with Crippen LogP contribution in [0.4, 0.5) is 0 Å². The zero-order valence-electron chi connectivity index (χ0n) is 11.4. The second-order valence-corrected chi connectivity index (χ2v) is 4.99. The molecule has 0 fully saturated rings. The van der Waals surface area contributed by atoms with Crippen LogP contribution in [0.1, 0.15) is 38.7 Å². The van der Waals surface area contributed by atoms with Crippen molar-refractivity contribution in [2.24, 2.45) is 5.73 Å². The van der Waals surface area contributed by atoms with Crippen molar-refractivity contribution < 1.29 is 9.47 Å². The number of unbranched alkanes of at least 4 members (excludes halogenated alkanes) is 2. The summed E-state index contributed by atoms with van der Waals surface area (Å²) >= 11 is 11.2. The van der Waals surface area contributed by atoms with Gasteiger partial charge in [0.1, 0.15) is 4.99 Å². The predicted octanol–water partition coefficient (Wildman–Crippen LogP) is 3.94. The molecule has 3 nitrogen and oxygen atoms in total. The topological polar surface area (TPSA) is 44.5 Å². The first-order chi connectivity index (χ1) is 9.10. The van der Waals surface area contributed by atoms with Gasteiger partial charge in [-0.1, -0.05) is 43.6 Å². The molecule has 1 rings (SSSR count). The molecule has 0 unspecified atom stereocenters. The van der Waals surface area contributed by atoms with Crippen molar-refractivity contribution in [1.29, 1.82) is 0 Å². The zero-order chi connectivity index (χ0) is 14.3. The normalized spacial score (nSPS) is 10.3. The van der Waals surface area contributed by atoms with Crippen molar-refractivity contribution in [3.63, 3.8) is 0 Å². The van der Waals surface area contributed by atoms with Crippen LogP contribution in [0.15, 0.2) is 12.1 Å². The fraction of sp³-hybridized carbons (Fsp3) is 0.500. The summed E-state index contributed by atoms with van der Waals surface area (Å²) in [6.07, 6.45) is 3.28. The highest BCUT2D eigenvalue weighted by molar-refractivity contribution is 7.80. The molecule has 5 heteroatoms. The average molecular weight is 302 g/mol. The Bertz CT molecular complexity index is 438. The number of ether oxygens (including phenoxy) is 2. The van der Waals surface area contributed by atoms with Gasteiger partial charge < -0.3 is 15.2 Å². The summed E-state index contributed by atoms with van der Waals surface area (Å²) in [4.78, 5) is 0.292. The minimum atomic E-state index is 0.292. The molecule has 0 saturated carbocycles. The smallest absolute Gasteiger partial charge is 0.179 e. The Morgan fingerprint density at radius 2 is 2.00 bits per heavy atom. The van der Waals surface area contributed by atoms with E-state index in [1.165, 1.54) is 0 Å². The van der Waals surface area contributed by atoms with Gasteiger partial charge in [-0.25, -0.2) is 0 Å². The number of thiocarbonyl (C=S) groups is 1. The maximum Gasteiger partial charge on any atom is 0.179 e. The highest BCUT2D eigenvalue weighted by Crippen LogP contribution is 2.36. The first-order valence-electron chi connectivity index (χ1n) is 6.49. The van der Waals surface area contributed by atoms with E-state index in [1.807, 2.05) is 6.92 Å². The molecular formula is C14H20ClNO2S. The second-order valence-electron chi connectivity index (χ2n) is 4.14. The molecule has 2 N–H and O–H groups in total. The van der Waals surface area contributed by atoms with E-state index in [2.05, 4.69) is 6.92 Å². The van der Waals surface area contributed by atoms with Crippen LogP contribution < -0.4 is 15.2 Å². The Kier molecular flexibility index (Phi) is 6.95. The summed E-state index contributed by atoms with van der Waals surface area (Å²) in [6, 6.07) is 3.48. The number of benzene rings is 1. The van der Waals surface area contributed by atoms with Crippen molar-refractivity contribution in [3.8, 4) is 11.5 Å². The lowest BCUT2D eigenvalue weighted by Gasteiger charge is -2.14. The quantitative estimate of drug-likeness (QED) is 0.583. The molecule has 0 bridgehead atoms. The summed E-state index contributed by atoms with van der Waals surface area (Å²) in [5.74, 6) is 1.16. The summed E-state index contributed by atoms with van der Waals surface area (Å²) in [5.41, 5.74) is 6.30. The zero-order valence-corrected chi connectivity index (χ0v) is 12.9. The molecule has 19 heavy (non-hydrogen) atoms. The third-order valence-electron chi connectivity index (χ3n) is 2.59. The Morgan fingerprint density at radius 1 is 1.26 bits per heavy atom. The molecule has 0 atom stereocenters. The number of halogens is 1. The van der Waals surface area contributed by atoms with E-state index in [0.29, 0.717) is 40.3 Å². The van der Waals surface area contributed by atoms with Crippen LogP contribution in [0.2, 0.25) is 5.02 Å². The van der Waals surface area contributed by atoms with Crippen molar-refractivity contribution in [3.05, 3.63) is 22.7 Å². The van der Waals surface area contributed by atoms with Gasteiger partial charge in [0, 0.05) is 5.56 Å². The van der Waals surface area contributed by atoms with Gasteiger partial charge in [0.25, 0.3) is 0 Å². The van der Waals surface area contributed by atoms with Gasteiger partial charge in [-0.15, -0.1) is 0 Å². The summed E-state index contributed by atoms with van der Waals surface area (Å²) in [5, 5.41) is 0.477. The predicted molar refractivity (Wildman–Crippen MR) is 83.5 cm³/mol. The molecular weight excluding hydrogens is 282 g/mol. The SMILES string of the molecule is CCCCCOc1c(Cl)cc(C(N)=S)cc1OCC. The molecule has 0 aromatic heterocycles. The lowest BCUT2D eigenvalue weighted by Crippen LogP contribution is -2.10. The first-order valence-corrected chi connectivity index (χ1v) is 7.27. The van der Waals surface area contributed by atoms with E-state index in [9.17, 15) is 0 Å². The Balaban J connectivity index is 2.90. The van der Waals surface area contributed by atoms with E-state index in [-0.39, 0.29) is 0 Å². The van der Waals surface area contributed by atoms with Crippen LogP contribution in [0, 0.1) is 0 Å². The van der Waals surface area contributed by atoms with Crippen LogP contribution in [-0.2, 0) is 0 Å². The van der Waals surface area contributed by atoms with Gasteiger partial charge in [-0.3, -0.25) is 0 Å². The molecule has 0 saturated heterocycles. The van der Waals surface area contributed by atoms with Crippen molar-refractivity contribution in [2.45, 2.75) is 33.1 Å². The molecule has 0 amide bonds. The summed E-state index contributed by atoms with van der Waals surface area (Å²) in [6.45, 7) is 5.21. The first kappa shape index (κ1) is 16.1. The van der Waals surface area contributed by atoms with Crippen LogP contribution in [0.5, 0.6) is 11.5 Å². The van der Waals surface area contributed by atoms with Crippen molar-refractivity contribution >= 4 is 28.8 Å². The van der Waals surface area contributed by atoms with Crippen LogP contribution in [-0.4, -0.2) is 18.2 Å². The molecule has 1 aromatic rings. The highest BCUT2D eigenvalue weighted by Gasteiger charge is 2.13. The van der Waals surface area contributed by atoms with Crippen LogP contribution in [0.25, 0.3) is 0 Å². The number of rotatable bonds is 8. The van der Waals surface area contributed by atoms with Crippen LogP contribution in [0.3, 0.4) is 0 Å². The minimum absolute atomic E-state index is 0.292. The third-order valence-corrected chi connectivity index (χ3v) is 3.10. The van der Waals surface area contributed by atoms with Crippen LogP contribution >= 0.6 is 23.8 Å². The molecule has 0 aliphatic carbocycles. The van der Waals surface area contributed by atoms with Gasteiger partial charge >= 0.3 is 0 Å². The molecule has 0 radical (unpaired) electrons. The van der Waals surface area contributed by atoms with Gasteiger partial charge in [0.15, 0.2) is 11.5 Å². The largest absolute Gasteiger partial charge is 0.490 e. The maximum atomic E-state index is 6.21. The maximum absolute atomic E-state index is 6.21. The number of nitrogens with two attached hydrogens (primary N) is 1. The average Bonchev–Trinajstić information content (AvgIpc) is 2.36. The van der Waals surface area contributed by atoms with Gasteiger partial charge in [-0.2, -0.15) is 0 Å². The number of hydrogen-bond acceptors (Lipinski definition) is 3. The fourth-order valence-electron chi connectivity index (χ4n) is 1.64. The van der Waals surface area contributed by atoms with Crippen molar-refractivity contribution in [1.82, 2.24) is 0 Å². The minimum Gasteiger partial charge on any atom is -0.490 e.